The van der Waals surface area contributed by atoms with E-state index in [1.54, 1.807) is 38.7 Å². The molecule has 2 aromatic rings. The number of methoxy groups -OCH3 is 2. The van der Waals surface area contributed by atoms with Crippen LogP contribution < -0.4 is 14.8 Å². The molecule has 0 aliphatic heterocycles. The lowest BCUT2D eigenvalue weighted by Crippen LogP contribution is -2.23. The number of pyridine rings is 1. The molecule has 120 valence electrons. The van der Waals surface area contributed by atoms with Gasteiger partial charge in [-0.05, 0) is 36.8 Å². The van der Waals surface area contributed by atoms with Crippen molar-refractivity contribution < 1.29 is 14.3 Å². The van der Waals surface area contributed by atoms with Crippen LogP contribution in [-0.4, -0.2) is 25.1 Å². The average molecular weight is 312 g/mol. The van der Waals surface area contributed by atoms with Crippen LogP contribution in [0.15, 0.2) is 42.7 Å². The van der Waals surface area contributed by atoms with Gasteiger partial charge in [0.05, 0.1) is 14.2 Å². The summed E-state index contributed by atoms with van der Waals surface area (Å²) in [4.78, 5) is 16.3. The second-order valence-electron chi connectivity index (χ2n) is 4.84. The van der Waals surface area contributed by atoms with Crippen molar-refractivity contribution in [3.63, 3.8) is 0 Å². The number of rotatable bonds is 6. The summed E-state index contributed by atoms with van der Waals surface area (Å²) in [6, 6.07) is 7.18. The monoisotopic (exact) mass is 312 g/mol. The molecule has 5 nitrogen and oxygen atoms in total. The van der Waals surface area contributed by atoms with Crippen LogP contribution in [0.2, 0.25) is 0 Å². The van der Waals surface area contributed by atoms with Crippen molar-refractivity contribution in [2.24, 2.45) is 0 Å². The highest BCUT2D eigenvalue weighted by Gasteiger charge is 2.14. The van der Waals surface area contributed by atoms with Crippen LogP contribution in [-0.2, 0) is 6.54 Å². The molecule has 0 unspecified atom stereocenters. The number of allylic oxidation sites excluding steroid dienone is 1. The molecule has 0 saturated heterocycles. The highest BCUT2D eigenvalue weighted by molar-refractivity contribution is 5.95. The van der Waals surface area contributed by atoms with Gasteiger partial charge in [0.2, 0.25) is 0 Å². The first kappa shape index (κ1) is 16.5. The fourth-order valence-corrected chi connectivity index (χ4v) is 2.21. The van der Waals surface area contributed by atoms with Crippen molar-refractivity contribution in [2.45, 2.75) is 13.5 Å². The summed E-state index contributed by atoms with van der Waals surface area (Å²) >= 11 is 0. The van der Waals surface area contributed by atoms with Crippen LogP contribution >= 0.6 is 0 Å². The molecule has 0 spiro atoms. The van der Waals surface area contributed by atoms with E-state index in [4.69, 9.17) is 9.47 Å². The van der Waals surface area contributed by atoms with Crippen LogP contribution in [0.4, 0.5) is 0 Å². The smallest absolute Gasteiger partial charge is 0.251 e. The Morgan fingerprint density at radius 2 is 1.96 bits per heavy atom. The zero-order valence-corrected chi connectivity index (χ0v) is 13.5. The first-order chi connectivity index (χ1) is 11.2. The van der Waals surface area contributed by atoms with Gasteiger partial charge in [0.1, 0.15) is 0 Å². The minimum absolute atomic E-state index is 0.173. The fourth-order valence-electron chi connectivity index (χ4n) is 2.21. The van der Waals surface area contributed by atoms with Gasteiger partial charge in [-0.2, -0.15) is 0 Å². The van der Waals surface area contributed by atoms with E-state index in [1.165, 1.54) is 0 Å². The topological polar surface area (TPSA) is 60.5 Å². The molecule has 2 rings (SSSR count). The Kier molecular flexibility index (Phi) is 5.74. The van der Waals surface area contributed by atoms with E-state index < -0.39 is 0 Å². The fraction of sp³-hybridized carbons (Fsp3) is 0.222. The van der Waals surface area contributed by atoms with Gasteiger partial charge < -0.3 is 14.8 Å². The SMILES string of the molecule is C/C=C/c1cc(C(=O)NCc2ccncc2)cc(OC)c1OC. The van der Waals surface area contributed by atoms with Crippen molar-refractivity contribution in [1.82, 2.24) is 10.3 Å². The highest BCUT2D eigenvalue weighted by atomic mass is 16.5. The van der Waals surface area contributed by atoms with Crippen LogP contribution in [0.5, 0.6) is 11.5 Å². The van der Waals surface area contributed by atoms with E-state index in [0.29, 0.717) is 23.6 Å². The lowest BCUT2D eigenvalue weighted by atomic mass is 10.1. The van der Waals surface area contributed by atoms with Gasteiger partial charge in [-0.25, -0.2) is 0 Å². The summed E-state index contributed by atoms with van der Waals surface area (Å²) in [6.07, 6.45) is 7.15. The van der Waals surface area contributed by atoms with Gasteiger partial charge in [0, 0.05) is 30.1 Å². The number of nitrogens with zero attached hydrogens (tertiary/aromatic N) is 1. The van der Waals surface area contributed by atoms with Gasteiger partial charge in [-0.3, -0.25) is 9.78 Å². The normalized spacial score (nSPS) is 10.6. The zero-order chi connectivity index (χ0) is 16.7. The number of ether oxygens (including phenoxy) is 2. The number of nitrogens with one attached hydrogen (secondary N) is 1. The Hall–Kier alpha value is -2.82. The van der Waals surface area contributed by atoms with Gasteiger partial charge in [0.15, 0.2) is 11.5 Å². The first-order valence-electron chi connectivity index (χ1n) is 7.25. The molecule has 0 bridgehead atoms. The lowest BCUT2D eigenvalue weighted by Gasteiger charge is -2.13. The Balaban J connectivity index is 2.24. The van der Waals surface area contributed by atoms with E-state index >= 15 is 0 Å². The minimum atomic E-state index is -0.173. The maximum atomic E-state index is 12.4. The van der Waals surface area contributed by atoms with E-state index in [1.807, 2.05) is 31.2 Å². The molecule has 1 heterocycles. The van der Waals surface area contributed by atoms with Crippen LogP contribution in [0.1, 0.15) is 28.4 Å². The predicted molar refractivity (Wildman–Crippen MR) is 89.7 cm³/mol. The number of hydrogen-bond donors (Lipinski definition) is 1. The Labute approximate surface area is 136 Å². The van der Waals surface area contributed by atoms with Gasteiger partial charge in [0.25, 0.3) is 5.91 Å². The molecular weight excluding hydrogens is 292 g/mol. The standard InChI is InChI=1S/C18H20N2O3/c1-4-5-14-10-15(11-16(22-2)17(14)23-3)18(21)20-12-13-6-8-19-9-7-13/h4-11H,12H2,1-3H3,(H,20,21)/b5-4+. The summed E-state index contributed by atoms with van der Waals surface area (Å²) in [5.41, 5.74) is 2.30. The third-order valence-electron chi connectivity index (χ3n) is 3.32. The number of carbonyl (C=O) groups is 1. The van der Waals surface area contributed by atoms with Crippen molar-refractivity contribution in [1.29, 1.82) is 0 Å². The van der Waals surface area contributed by atoms with E-state index in [0.717, 1.165) is 11.1 Å². The Morgan fingerprint density at radius 3 is 2.57 bits per heavy atom. The average Bonchev–Trinajstić information content (AvgIpc) is 2.60. The molecule has 0 aliphatic rings. The molecule has 0 radical (unpaired) electrons. The third kappa shape index (κ3) is 4.10. The largest absolute Gasteiger partial charge is 0.493 e. The lowest BCUT2D eigenvalue weighted by molar-refractivity contribution is 0.0950. The highest BCUT2D eigenvalue weighted by Crippen LogP contribution is 2.33. The number of carbonyl (C=O) groups excluding carboxylic acids is 1. The Morgan fingerprint density at radius 1 is 1.22 bits per heavy atom. The van der Waals surface area contributed by atoms with Crippen molar-refractivity contribution >= 4 is 12.0 Å². The first-order valence-corrected chi connectivity index (χ1v) is 7.25. The third-order valence-corrected chi connectivity index (χ3v) is 3.32. The number of amides is 1. The Bertz CT molecular complexity index is 697. The number of hydrogen-bond acceptors (Lipinski definition) is 4. The quantitative estimate of drug-likeness (QED) is 0.890. The van der Waals surface area contributed by atoms with Crippen molar-refractivity contribution in [3.05, 3.63) is 59.4 Å². The maximum Gasteiger partial charge on any atom is 0.251 e. The van der Waals surface area contributed by atoms with Crippen molar-refractivity contribution in [3.8, 4) is 11.5 Å². The summed E-state index contributed by atoms with van der Waals surface area (Å²) in [6.45, 7) is 2.34. The molecule has 5 heteroatoms. The summed E-state index contributed by atoms with van der Waals surface area (Å²) in [5.74, 6) is 0.960. The number of aromatic nitrogens is 1. The van der Waals surface area contributed by atoms with Gasteiger partial charge in [-0.15, -0.1) is 0 Å². The molecule has 0 saturated carbocycles. The van der Waals surface area contributed by atoms with E-state index in [9.17, 15) is 4.79 Å². The number of benzene rings is 1. The summed E-state index contributed by atoms with van der Waals surface area (Å²) < 4.78 is 10.7. The van der Waals surface area contributed by atoms with E-state index in [2.05, 4.69) is 10.3 Å². The molecule has 1 aromatic carbocycles. The molecule has 0 atom stereocenters. The zero-order valence-electron chi connectivity index (χ0n) is 13.5. The van der Waals surface area contributed by atoms with Crippen molar-refractivity contribution in [2.75, 3.05) is 14.2 Å². The second-order valence-corrected chi connectivity index (χ2v) is 4.84. The van der Waals surface area contributed by atoms with Crippen LogP contribution in [0, 0.1) is 0 Å². The molecular formula is C18H20N2O3. The van der Waals surface area contributed by atoms with Gasteiger partial charge >= 0.3 is 0 Å². The predicted octanol–water partition coefficient (Wildman–Crippen LogP) is 3.06. The second kappa shape index (κ2) is 7.98. The molecule has 23 heavy (non-hydrogen) atoms. The molecule has 0 aliphatic carbocycles. The summed E-state index contributed by atoms with van der Waals surface area (Å²) in [7, 11) is 3.13. The molecule has 0 fully saturated rings. The minimum Gasteiger partial charge on any atom is -0.493 e. The molecule has 1 amide bonds. The van der Waals surface area contributed by atoms with Gasteiger partial charge in [-0.1, -0.05) is 12.2 Å². The van der Waals surface area contributed by atoms with Crippen LogP contribution in [0.25, 0.3) is 6.08 Å². The van der Waals surface area contributed by atoms with E-state index in [-0.39, 0.29) is 5.91 Å². The summed E-state index contributed by atoms with van der Waals surface area (Å²) in [5, 5.41) is 2.89. The van der Waals surface area contributed by atoms with Crippen LogP contribution in [0.3, 0.4) is 0 Å². The maximum absolute atomic E-state index is 12.4. The molecule has 1 N–H and O–H groups in total. The molecule has 1 aromatic heterocycles.